The summed E-state index contributed by atoms with van der Waals surface area (Å²) in [4.78, 5) is 14.1. The third-order valence-corrected chi connectivity index (χ3v) is 4.26. The van der Waals surface area contributed by atoms with E-state index >= 15 is 0 Å². The van der Waals surface area contributed by atoms with Crippen molar-refractivity contribution in [2.45, 2.75) is 51.6 Å². The van der Waals surface area contributed by atoms with Crippen molar-refractivity contribution in [3.8, 4) is 0 Å². The zero-order chi connectivity index (χ0) is 14.4. The van der Waals surface area contributed by atoms with Gasteiger partial charge in [0.25, 0.3) is 0 Å². The van der Waals surface area contributed by atoms with Gasteiger partial charge < -0.3 is 10.6 Å². The second-order valence-corrected chi connectivity index (χ2v) is 5.98. The molecule has 0 saturated heterocycles. The Morgan fingerprint density at radius 1 is 1.25 bits per heavy atom. The number of benzene rings is 1. The molecule has 0 atom stereocenters. The average Bonchev–Trinajstić information content (AvgIpc) is 2.48. The molecule has 1 saturated carbocycles. The first-order valence-corrected chi connectivity index (χ1v) is 7.71. The molecule has 110 valence electrons. The van der Waals surface area contributed by atoms with Crippen LogP contribution < -0.4 is 5.73 Å². The van der Waals surface area contributed by atoms with Gasteiger partial charge in [0.2, 0.25) is 5.91 Å². The van der Waals surface area contributed by atoms with Crippen molar-refractivity contribution < 1.29 is 4.79 Å². The molecule has 0 radical (unpaired) electrons. The minimum atomic E-state index is 0.273. The van der Waals surface area contributed by atoms with Crippen LogP contribution in [0.15, 0.2) is 24.3 Å². The van der Waals surface area contributed by atoms with E-state index in [0.717, 1.165) is 11.1 Å². The number of rotatable bonds is 5. The number of amides is 1. The maximum Gasteiger partial charge on any atom is 0.222 e. The molecule has 1 amide bonds. The normalized spacial score (nSPS) is 16.1. The average molecular weight is 274 g/mol. The van der Waals surface area contributed by atoms with Gasteiger partial charge in [-0.3, -0.25) is 4.79 Å². The Morgan fingerprint density at radius 2 is 1.95 bits per heavy atom. The van der Waals surface area contributed by atoms with Crippen LogP contribution in [0.2, 0.25) is 0 Å². The predicted octanol–water partition coefficient (Wildman–Crippen LogP) is 3.07. The smallest absolute Gasteiger partial charge is 0.222 e. The molecule has 1 aromatic rings. The van der Waals surface area contributed by atoms with Gasteiger partial charge in [0.1, 0.15) is 0 Å². The van der Waals surface area contributed by atoms with Crippen molar-refractivity contribution >= 4 is 5.91 Å². The van der Waals surface area contributed by atoms with E-state index in [2.05, 4.69) is 12.1 Å². The van der Waals surface area contributed by atoms with Crippen molar-refractivity contribution in [2.24, 2.45) is 11.7 Å². The molecule has 0 aromatic heterocycles. The molecule has 20 heavy (non-hydrogen) atoms. The van der Waals surface area contributed by atoms with E-state index in [9.17, 15) is 4.79 Å². The summed E-state index contributed by atoms with van der Waals surface area (Å²) in [5.41, 5.74) is 7.93. The van der Waals surface area contributed by atoms with Gasteiger partial charge >= 0.3 is 0 Å². The molecule has 1 aliphatic carbocycles. The fraction of sp³-hybridized carbons (Fsp3) is 0.588. The molecular formula is C17H26N2O. The summed E-state index contributed by atoms with van der Waals surface area (Å²) in [5, 5.41) is 0. The van der Waals surface area contributed by atoms with E-state index in [-0.39, 0.29) is 5.91 Å². The summed E-state index contributed by atoms with van der Waals surface area (Å²) in [6.07, 6.45) is 7.09. The number of nitrogens with two attached hydrogens (primary N) is 1. The van der Waals surface area contributed by atoms with Crippen LogP contribution >= 0.6 is 0 Å². The van der Waals surface area contributed by atoms with Crippen LogP contribution in [-0.4, -0.2) is 17.9 Å². The molecule has 1 aliphatic rings. The largest absolute Gasteiger partial charge is 0.341 e. The van der Waals surface area contributed by atoms with Gasteiger partial charge in [0.15, 0.2) is 0 Å². The molecule has 0 bridgehead atoms. The Balaban J connectivity index is 1.86. The Bertz CT molecular complexity index is 438. The lowest BCUT2D eigenvalue weighted by Crippen LogP contribution is -2.28. The topological polar surface area (TPSA) is 46.3 Å². The maximum atomic E-state index is 12.3. The molecular weight excluding hydrogens is 248 g/mol. The predicted molar refractivity (Wildman–Crippen MR) is 82.0 cm³/mol. The first kappa shape index (κ1) is 15.0. The Morgan fingerprint density at radius 3 is 2.65 bits per heavy atom. The van der Waals surface area contributed by atoms with Crippen LogP contribution in [0, 0.1) is 5.92 Å². The van der Waals surface area contributed by atoms with E-state index in [1.54, 1.807) is 0 Å². The van der Waals surface area contributed by atoms with Crippen LogP contribution in [0.4, 0.5) is 0 Å². The number of hydrogen-bond donors (Lipinski definition) is 1. The molecule has 1 aromatic carbocycles. The van der Waals surface area contributed by atoms with E-state index in [1.807, 2.05) is 24.1 Å². The summed E-state index contributed by atoms with van der Waals surface area (Å²) < 4.78 is 0. The van der Waals surface area contributed by atoms with Crippen LogP contribution in [0.3, 0.4) is 0 Å². The van der Waals surface area contributed by atoms with Gasteiger partial charge in [-0.1, -0.05) is 43.5 Å². The van der Waals surface area contributed by atoms with Gasteiger partial charge in [-0.05, 0) is 29.9 Å². The summed E-state index contributed by atoms with van der Waals surface area (Å²) in [7, 11) is 1.90. The molecule has 0 aliphatic heterocycles. The number of carbonyl (C=O) groups is 1. The third-order valence-electron chi connectivity index (χ3n) is 4.26. The molecule has 0 unspecified atom stereocenters. The van der Waals surface area contributed by atoms with E-state index in [4.69, 9.17) is 5.73 Å². The van der Waals surface area contributed by atoms with Crippen molar-refractivity contribution in [1.82, 2.24) is 4.90 Å². The van der Waals surface area contributed by atoms with Gasteiger partial charge in [0.05, 0.1) is 0 Å². The Hall–Kier alpha value is -1.35. The molecule has 2 rings (SSSR count). The third kappa shape index (κ3) is 4.34. The molecule has 0 spiro atoms. The van der Waals surface area contributed by atoms with E-state index in [1.165, 1.54) is 32.1 Å². The molecule has 3 nitrogen and oxygen atoms in total. The van der Waals surface area contributed by atoms with Gasteiger partial charge in [0, 0.05) is 26.6 Å². The minimum absolute atomic E-state index is 0.273. The van der Waals surface area contributed by atoms with Crippen molar-refractivity contribution in [3.05, 3.63) is 35.4 Å². The van der Waals surface area contributed by atoms with Crippen molar-refractivity contribution in [3.63, 3.8) is 0 Å². The highest BCUT2D eigenvalue weighted by Gasteiger charge is 2.19. The molecule has 0 heterocycles. The zero-order valence-corrected chi connectivity index (χ0v) is 12.5. The highest BCUT2D eigenvalue weighted by Crippen LogP contribution is 2.26. The highest BCUT2D eigenvalue weighted by atomic mass is 16.2. The monoisotopic (exact) mass is 274 g/mol. The zero-order valence-electron chi connectivity index (χ0n) is 12.5. The van der Waals surface area contributed by atoms with Crippen LogP contribution in [0.1, 0.15) is 49.7 Å². The summed E-state index contributed by atoms with van der Waals surface area (Å²) in [6.45, 7) is 1.23. The summed E-state index contributed by atoms with van der Waals surface area (Å²) in [5.74, 6) is 0.879. The second-order valence-electron chi connectivity index (χ2n) is 5.98. The van der Waals surface area contributed by atoms with E-state index in [0.29, 0.717) is 25.4 Å². The van der Waals surface area contributed by atoms with Gasteiger partial charge in [-0.25, -0.2) is 0 Å². The maximum absolute atomic E-state index is 12.3. The second kappa shape index (κ2) is 7.44. The van der Waals surface area contributed by atoms with Crippen molar-refractivity contribution in [1.29, 1.82) is 0 Å². The van der Waals surface area contributed by atoms with E-state index < -0.39 is 0 Å². The van der Waals surface area contributed by atoms with Crippen LogP contribution in [0.25, 0.3) is 0 Å². The minimum Gasteiger partial charge on any atom is -0.341 e. The van der Waals surface area contributed by atoms with Crippen molar-refractivity contribution in [2.75, 3.05) is 7.05 Å². The Kier molecular flexibility index (Phi) is 5.60. The fourth-order valence-corrected chi connectivity index (χ4v) is 3.01. The quantitative estimate of drug-likeness (QED) is 0.897. The SMILES string of the molecule is CN(Cc1cccc(CN)c1)C(=O)CC1CCCCC1. The summed E-state index contributed by atoms with van der Waals surface area (Å²) in [6, 6.07) is 8.18. The number of carbonyl (C=O) groups excluding carboxylic acids is 1. The molecule has 1 fully saturated rings. The van der Waals surface area contributed by atoms with Crippen LogP contribution in [0.5, 0.6) is 0 Å². The number of hydrogen-bond acceptors (Lipinski definition) is 2. The van der Waals surface area contributed by atoms with Gasteiger partial charge in [-0.2, -0.15) is 0 Å². The summed E-state index contributed by atoms with van der Waals surface area (Å²) >= 11 is 0. The molecule has 3 heteroatoms. The lowest BCUT2D eigenvalue weighted by Gasteiger charge is -2.24. The first-order valence-electron chi connectivity index (χ1n) is 7.71. The first-order chi connectivity index (χ1) is 9.69. The highest BCUT2D eigenvalue weighted by molar-refractivity contribution is 5.76. The fourth-order valence-electron chi connectivity index (χ4n) is 3.01. The lowest BCUT2D eigenvalue weighted by atomic mass is 9.86. The standard InChI is InChI=1S/C17H26N2O/c1-19(13-16-9-5-8-15(10-16)12-18)17(20)11-14-6-3-2-4-7-14/h5,8-10,14H,2-4,6-7,11-13,18H2,1H3. The van der Waals surface area contributed by atoms with Crippen LogP contribution in [-0.2, 0) is 17.9 Å². The lowest BCUT2D eigenvalue weighted by molar-refractivity contribution is -0.131. The Labute approximate surface area is 122 Å². The molecule has 2 N–H and O–H groups in total. The number of nitrogens with zero attached hydrogens (tertiary/aromatic N) is 1. The van der Waals surface area contributed by atoms with Gasteiger partial charge in [-0.15, -0.1) is 0 Å².